The molecule has 0 unspecified atom stereocenters. The topological polar surface area (TPSA) is 12.0 Å². The third-order valence-electron chi connectivity index (χ3n) is 2.47. The highest BCUT2D eigenvalue weighted by Gasteiger charge is 2.19. The molecule has 1 N–H and O–H groups in total. The average molecular weight is 193 g/mol. The van der Waals surface area contributed by atoms with E-state index in [0.29, 0.717) is 0 Å². The Labute approximate surface area is 83.9 Å². The van der Waals surface area contributed by atoms with E-state index in [1.807, 2.05) is 18.8 Å². The zero-order chi connectivity index (χ0) is 9.10. The lowest BCUT2D eigenvalue weighted by molar-refractivity contribution is 0.811. The molecule has 1 aromatic carbocycles. The lowest BCUT2D eigenvalue weighted by Gasteiger charge is -2.25. The van der Waals surface area contributed by atoms with Crippen LogP contribution in [-0.4, -0.2) is 18.6 Å². The summed E-state index contributed by atoms with van der Waals surface area (Å²) in [7, 11) is 1.98. The summed E-state index contributed by atoms with van der Waals surface area (Å²) in [6.07, 6.45) is 0. The van der Waals surface area contributed by atoms with Gasteiger partial charge < -0.3 is 5.32 Å². The van der Waals surface area contributed by atoms with Gasteiger partial charge in [0.1, 0.15) is 0 Å². The molecule has 2 rings (SSSR count). The monoisotopic (exact) mass is 193 g/mol. The first-order valence-electron chi connectivity index (χ1n) is 4.71. The highest BCUT2D eigenvalue weighted by Crippen LogP contribution is 2.33. The largest absolute Gasteiger partial charge is 0.316 e. The molecule has 1 aliphatic heterocycles. The summed E-state index contributed by atoms with van der Waals surface area (Å²) in [5.74, 6) is 3.45. The Hall–Kier alpha value is -0.470. The van der Waals surface area contributed by atoms with Gasteiger partial charge in [-0.2, -0.15) is 11.8 Å². The van der Waals surface area contributed by atoms with Crippen molar-refractivity contribution in [1.29, 1.82) is 0 Å². The van der Waals surface area contributed by atoms with E-state index >= 15 is 0 Å². The maximum Gasteiger partial charge on any atom is 0.0202 e. The van der Waals surface area contributed by atoms with Gasteiger partial charge in [-0.25, -0.2) is 0 Å². The lowest BCUT2D eigenvalue weighted by Crippen LogP contribution is -2.15. The summed E-state index contributed by atoms with van der Waals surface area (Å²) in [6.45, 7) is 0.972. The molecule has 0 amide bonds. The minimum Gasteiger partial charge on any atom is -0.316 e. The van der Waals surface area contributed by atoms with Crippen molar-refractivity contribution in [3.05, 3.63) is 35.4 Å². The van der Waals surface area contributed by atoms with Crippen molar-refractivity contribution < 1.29 is 0 Å². The van der Waals surface area contributed by atoms with Crippen molar-refractivity contribution in [2.24, 2.45) is 0 Å². The molecule has 1 aromatic rings. The van der Waals surface area contributed by atoms with E-state index in [4.69, 9.17) is 0 Å². The number of nitrogens with one attached hydrogen (secondary N) is 1. The third kappa shape index (κ3) is 2.06. The molecule has 1 aliphatic rings. The fraction of sp³-hybridized carbons (Fsp3) is 0.455. The Bertz CT molecular complexity index is 264. The summed E-state index contributed by atoms with van der Waals surface area (Å²) in [5.41, 5.74) is 2.89. The van der Waals surface area contributed by atoms with Gasteiger partial charge in [0, 0.05) is 24.0 Å². The fourth-order valence-corrected chi connectivity index (χ4v) is 2.40. The number of hydrogen-bond acceptors (Lipinski definition) is 2. The van der Waals surface area contributed by atoms with Gasteiger partial charge in [-0.15, -0.1) is 0 Å². The van der Waals surface area contributed by atoms with Gasteiger partial charge >= 0.3 is 0 Å². The third-order valence-corrected chi connectivity index (χ3v) is 3.75. The van der Waals surface area contributed by atoms with Gasteiger partial charge in [0.2, 0.25) is 0 Å². The Morgan fingerprint density at radius 2 is 2.00 bits per heavy atom. The molecular weight excluding hydrogens is 178 g/mol. The second kappa shape index (κ2) is 4.16. The molecule has 0 atom stereocenters. The van der Waals surface area contributed by atoms with E-state index in [1.165, 1.54) is 22.6 Å². The van der Waals surface area contributed by atoms with E-state index in [2.05, 4.69) is 29.6 Å². The SMILES string of the molecule is CNCc1ccc(C2CSC2)cc1. The van der Waals surface area contributed by atoms with Gasteiger partial charge in [-0.3, -0.25) is 0 Å². The normalized spacial score (nSPS) is 17.0. The molecule has 13 heavy (non-hydrogen) atoms. The second-order valence-electron chi connectivity index (χ2n) is 3.51. The molecule has 1 saturated heterocycles. The minimum absolute atomic E-state index is 0.827. The quantitative estimate of drug-likeness (QED) is 0.790. The van der Waals surface area contributed by atoms with Crippen LogP contribution in [0.5, 0.6) is 0 Å². The molecule has 70 valence electrons. The Kier molecular flexibility index (Phi) is 2.91. The zero-order valence-electron chi connectivity index (χ0n) is 7.92. The number of rotatable bonds is 3. The van der Waals surface area contributed by atoms with Crippen molar-refractivity contribution in [3.8, 4) is 0 Å². The first kappa shape index (κ1) is 9.10. The summed E-state index contributed by atoms with van der Waals surface area (Å²) in [4.78, 5) is 0. The predicted molar refractivity (Wildman–Crippen MR) is 59.3 cm³/mol. The maximum atomic E-state index is 3.16. The van der Waals surface area contributed by atoms with E-state index in [-0.39, 0.29) is 0 Å². The highest BCUT2D eigenvalue weighted by molar-refractivity contribution is 8.00. The molecule has 0 aromatic heterocycles. The number of thioether (sulfide) groups is 1. The van der Waals surface area contributed by atoms with Crippen LogP contribution in [0.25, 0.3) is 0 Å². The van der Waals surface area contributed by atoms with E-state index in [9.17, 15) is 0 Å². The van der Waals surface area contributed by atoms with Gasteiger partial charge in [0.15, 0.2) is 0 Å². The van der Waals surface area contributed by atoms with E-state index in [1.54, 1.807) is 0 Å². The van der Waals surface area contributed by atoms with Gasteiger partial charge in [0.05, 0.1) is 0 Å². The van der Waals surface area contributed by atoms with Crippen LogP contribution in [0.2, 0.25) is 0 Å². The first-order chi connectivity index (χ1) is 6.40. The van der Waals surface area contributed by atoms with Gasteiger partial charge in [0.25, 0.3) is 0 Å². The molecule has 1 fully saturated rings. The number of hydrogen-bond donors (Lipinski definition) is 1. The zero-order valence-corrected chi connectivity index (χ0v) is 8.73. The highest BCUT2D eigenvalue weighted by atomic mass is 32.2. The molecule has 0 spiro atoms. The van der Waals surface area contributed by atoms with E-state index in [0.717, 1.165) is 12.5 Å². The first-order valence-corrected chi connectivity index (χ1v) is 5.87. The van der Waals surface area contributed by atoms with Crippen LogP contribution in [0.4, 0.5) is 0 Å². The van der Waals surface area contributed by atoms with Crippen molar-refractivity contribution in [2.45, 2.75) is 12.5 Å². The van der Waals surface area contributed by atoms with Crippen molar-refractivity contribution in [1.82, 2.24) is 5.32 Å². The molecular formula is C11H15NS. The van der Waals surface area contributed by atoms with E-state index < -0.39 is 0 Å². The molecule has 1 nitrogen and oxygen atoms in total. The molecule has 0 bridgehead atoms. The standard InChI is InChI=1S/C11H15NS/c1-12-6-9-2-4-10(5-3-9)11-7-13-8-11/h2-5,11-12H,6-8H2,1H3. The van der Waals surface area contributed by atoms with Crippen LogP contribution in [0, 0.1) is 0 Å². The Morgan fingerprint density at radius 3 is 2.46 bits per heavy atom. The van der Waals surface area contributed by atoms with Crippen LogP contribution in [0.15, 0.2) is 24.3 Å². The number of benzene rings is 1. The van der Waals surface area contributed by atoms with Crippen LogP contribution in [0.1, 0.15) is 17.0 Å². The molecule has 1 heterocycles. The lowest BCUT2D eigenvalue weighted by atomic mass is 10.0. The Balaban J connectivity index is 2.04. The maximum absolute atomic E-state index is 3.16. The van der Waals surface area contributed by atoms with Crippen molar-refractivity contribution in [3.63, 3.8) is 0 Å². The summed E-state index contributed by atoms with van der Waals surface area (Å²) in [5, 5.41) is 3.16. The Morgan fingerprint density at radius 1 is 1.31 bits per heavy atom. The molecule has 0 aliphatic carbocycles. The average Bonchev–Trinajstić information content (AvgIpc) is 2.06. The molecule has 0 radical (unpaired) electrons. The molecule has 0 saturated carbocycles. The fourth-order valence-electron chi connectivity index (χ4n) is 1.54. The van der Waals surface area contributed by atoms with Crippen LogP contribution in [0.3, 0.4) is 0 Å². The summed E-state index contributed by atoms with van der Waals surface area (Å²) < 4.78 is 0. The smallest absolute Gasteiger partial charge is 0.0202 e. The van der Waals surface area contributed by atoms with Gasteiger partial charge in [-0.1, -0.05) is 24.3 Å². The second-order valence-corrected chi connectivity index (χ2v) is 4.58. The summed E-state index contributed by atoms with van der Waals surface area (Å²) in [6, 6.07) is 9.01. The van der Waals surface area contributed by atoms with Gasteiger partial charge in [-0.05, 0) is 18.2 Å². The van der Waals surface area contributed by atoms with Crippen molar-refractivity contribution in [2.75, 3.05) is 18.6 Å². The molecule has 2 heteroatoms. The predicted octanol–water partition coefficient (Wildman–Crippen LogP) is 2.24. The summed E-state index contributed by atoms with van der Waals surface area (Å²) >= 11 is 2.04. The van der Waals surface area contributed by atoms with Crippen LogP contribution >= 0.6 is 11.8 Å². The van der Waals surface area contributed by atoms with Crippen molar-refractivity contribution >= 4 is 11.8 Å². The minimum atomic E-state index is 0.827. The van der Waals surface area contributed by atoms with Crippen LogP contribution < -0.4 is 5.32 Å². The van der Waals surface area contributed by atoms with Crippen LogP contribution in [-0.2, 0) is 6.54 Å².